The van der Waals surface area contributed by atoms with Gasteiger partial charge in [-0.2, -0.15) is 0 Å². The number of hydrogen-bond donors (Lipinski definition) is 1. The van der Waals surface area contributed by atoms with Gasteiger partial charge >= 0.3 is 0 Å². The monoisotopic (exact) mass is 191 g/mol. The predicted octanol–water partition coefficient (Wildman–Crippen LogP) is 2.82. The van der Waals surface area contributed by atoms with Crippen LogP contribution in [0.2, 0.25) is 5.02 Å². The Balaban J connectivity index is 3.60. The Morgan fingerprint density at radius 1 is 1.08 bits per heavy atom. The summed E-state index contributed by atoms with van der Waals surface area (Å²) in [6, 6.07) is 0. The van der Waals surface area contributed by atoms with E-state index in [9.17, 15) is 8.78 Å². The molecule has 0 spiro atoms. The fourth-order valence-electron chi connectivity index (χ4n) is 0.910. The number of nitrogen functional groups attached to an aromatic ring is 1. The molecule has 12 heavy (non-hydrogen) atoms. The van der Waals surface area contributed by atoms with Crippen molar-refractivity contribution in [2.45, 2.75) is 13.8 Å². The van der Waals surface area contributed by atoms with Gasteiger partial charge in [-0.05, 0) is 19.4 Å². The van der Waals surface area contributed by atoms with Gasteiger partial charge < -0.3 is 5.73 Å². The van der Waals surface area contributed by atoms with Crippen LogP contribution in [0, 0.1) is 25.5 Å². The van der Waals surface area contributed by atoms with Gasteiger partial charge in [-0.1, -0.05) is 11.6 Å². The van der Waals surface area contributed by atoms with E-state index >= 15 is 0 Å². The molecular weight excluding hydrogens is 184 g/mol. The first-order valence-electron chi connectivity index (χ1n) is 3.36. The van der Waals surface area contributed by atoms with Crippen molar-refractivity contribution in [1.29, 1.82) is 0 Å². The van der Waals surface area contributed by atoms with Crippen molar-refractivity contribution >= 4 is 17.3 Å². The summed E-state index contributed by atoms with van der Waals surface area (Å²) in [6.45, 7) is 2.77. The standard InChI is InChI=1S/C8H8ClF2N/c1-3-5(9)6(10)4(2)7(11)8(3)12/h12H2,1-2H3. The van der Waals surface area contributed by atoms with Crippen LogP contribution in [-0.2, 0) is 0 Å². The van der Waals surface area contributed by atoms with Gasteiger partial charge in [-0.15, -0.1) is 0 Å². The summed E-state index contributed by atoms with van der Waals surface area (Å²) in [5, 5.41) is -0.105. The molecule has 0 atom stereocenters. The molecule has 0 radical (unpaired) electrons. The third-order valence-corrected chi connectivity index (χ3v) is 2.27. The third kappa shape index (κ3) is 1.14. The van der Waals surface area contributed by atoms with E-state index in [1.165, 1.54) is 13.8 Å². The van der Waals surface area contributed by atoms with E-state index in [1.807, 2.05) is 0 Å². The van der Waals surface area contributed by atoms with Crippen LogP contribution in [0.3, 0.4) is 0 Å². The van der Waals surface area contributed by atoms with E-state index in [1.54, 1.807) is 0 Å². The van der Waals surface area contributed by atoms with E-state index in [2.05, 4.69) is 0 Å². The lowest BCUT2D eigenvalue weighted by atomic mass is 10.1. The van der Waals surface area contributed by atoms with Crippen molar-refractivity contribution < 1.29 is 8.78 Å². The van der Waals surface area contributed by atoms with Crippen LogP contribution in [0.15, 0.2) is 0 Å². The number of anilines is 1. The van der Waals surface area contributed by atoms with Crippen LogP contribution in [0.25, 0.3) is 0 Å². The molecule has 0 saturated carbocycles. The average molecular weight is 192 g/mol. The Morgan fingerprint density at radius 3 is 2.08 bits per heavy atom. The number of rotatable bonds is 0. The Labute approximate surface area is 74.1 Å². The minimum absolute atomic E-state index is 0.0844. The second-order valence-electron chi connectivity index (χ2n) is 2.61. The predicted molar refractivity (Wildman–Crippen MR) is 45.3 cm³/mol. The van der Waals surface area contributed by atoms with E-state index < -0.39 is 11.6 Å². The molecule has 1 aromatic carbocycles. The van der Waals surface area contributed by atoms with E-state index in [-0.39, 0.29) is 21.8 Å². The van der Waals surface area contributed by atoms with Crippen molar-refractivity contribution in [1.82, 2.24) is 0 Å². The van der Waals surface area contributed by atoms with Gasteiger partial charge in [0, 0.05) is 5.56 Å². The van der Waals surface area contributed by atoms with Crippen LogP contribution >= 0.6 is 11.6 Å². The molecule has 0 aliphatic carbocycles. The fraction of sp³-hybridized carbons (Fsp3) is 0.250. The highest BCUT2D eigenvalue weighted by molar-refractivity contribution is 6.32. The zero-order valence-corrected chi connectivity index (χ0v) is 7.47. The normalized spacial score (nSPS) is 10.4. The largest absolute Gasteiger partial charge is 0.396 e. The molecule has 2 N–H and O–H groups in total. The third-order valence-electron chi connectivity index (χ3n) is 1.82. The van der Waals surface area contributed by atoms with Crippen molar-refractivity contribution in [2.75, 3.05) is 5.73 Å². The van der Waals surface area contributed by atoms with Crippen LogP contribution in [0.5, 0.6) is 0 Å². The summed E-state index contributed by atoms with van der Waals surface area (Å²) in [6.07, 6.45) is 0. The summed E-state index contributed by atoms with van der Waals surface area (Å²) in [5.41, 5.74) is 5.35. The first-order valence-corrected chi connectivity index (χ1v) is 3.73. The lowest BCUT2D eigenvalue weighted by molar-refractivity contribution is 0.570. The highest BCUT2D eigenvalue weighted by Crippen LogP contribution is 2.30. The molecule has 0 aliphatic rings. The topological polar surface area (TPSA) is 26.0 Å². The van der Waals surface area contributed by atoms with Gasteiger partial charge in [0.05, 0.1) is 10.7 Å². The molecule has 0 fully saturated rings. The minimum atomic E-state index is -0.735. The SMILES string of the molecule is Cc1c(F)c(N)c(C)c(Cl)c1F. The highest BCUT2D eigenvalue weighted by atomic mass is 35.5. The molecule has 0 saturated heterocycles. The maximum Gasteiger partial charge on any atom is 0.152 e. The first kappa shape index (κ1) is 9.26. The smallest absolute Gasteiger partial charge is 0.152 e. The average Bonchev–Trinajstić information content (AvgIpc) is 2.08. The van der Waals surface area contributed by atoms with Crippen LogP contribution in [0.1, 0.15) is 11.1 Å². The summed E-state index contributed by atoms with van der Waals surface area (Å²) in [5.74, 6) is -1.46. The molecule has 0 unspecified atom stereocenters. The molecule has 0 heterocycles. The number of benzene rings is 1. The molecule has 0 aromatic heterocycles. The minimum Gasteiger partial charge on any atom is -0.396 e. The van der Waals surface area contributed by atoms with Crippen molar-refractivity contribution in [2.24, 2.45) is 0 Å². The molecule has 1 nitrogen and oxygen atoms in total. The van der Waals surface area contributed by atoms with E-state index in [0.717, 1.165) is 0 Å². The zero-order chi connectivity index (χ0) is 9.46. The van der Waals surface area contributed by atoms with Gasteiger partial charge in [0.1, 0.15) is 5.82 Å². The lowest BCUT2D eigenvalue weighted by Gasteiger charge is -2.08. The van der Waals surface area contributed by atoms with Gasteiger partial charge in [0.25, 0.3) is 0 Å². The van der Waals surface area contributed by atoms with Crippen LogP contribution < -0.4 is 5.73 Å². The highest BCUT2D eigenvalue weighted by Gasteiger charge is 2.16. The molecule has 0 bridgehead atoms. The number of nitrogens with two attached hydrogens (primary N) is 1. The first-order chi connectivity index (χ1) is 5.46. The number of hydrogen-bond acceptors (Lipinski definition) is 1. The van der Waals surface area contributed by atoms with Gasteiger partial charge in [0.15, 0.2) is 5.82 Å². The molecule has 66 valence electrons. The quantitative estimate of drug-likeness (QED) is 0.495. The van der Waals surface area contributed by atoms with Crippen LogP contribution in [-0.4, -0.2) is 0 Å². The second-order valence-corrected chi connectivity index (χ2v) is 2.98. The molecule has 0 aliphatic heterocycles. The Morgan fingerprint density at radius 2 is 1.58 bits per heavy atom. The Bertz CT molecular complexity index is 231. The second kappa shape index (κ2) is 2.90. The van der Waals surface area contributed by atoms with E-state index in [0.29, 0.717) is 0 Å². The lowest BCUT2D eigenvalue weighted by Crippen LogP contribution is -2.01. The summed E-state index contributed by atoms with van der Waals surface area (Å²) < 4.78 is 26.0. The molecule has 4 heteroatoms. The van der Waals surface area contributed by atoms with Gasteiger partial charge in [0.2, 0.25) is 0 Å². The van der Waals surface area contributed by atoms with E-state index in [4.69, 9.17) is 17.3 Å². The molecular formula is C8H8ClF2N. The molecule has 1 rings (SSSR count). The number of halogens is 3. The van der Waals surface area contributed by atoms with Crippen molar-refractivity contribution in [3.8, 4) is 0 Å². The maximum absolute atomic E-state index is 13.0. The van der Waals surface area contributed by atoms with Crippen LogP contribution in [0.4, 0.5) is 14.5 Å². The summed E-state index contributed by atoms with van der Waals surface area (Å²) in [4.78, 5) is 0. The van der Waals surface area contributed by atoms with Crippen molar-refractivity contribution in [3.05, 3.63) is 27.8 Å². The fourth-order valence-corrected chi connectivity index (χ4v) is 1.15. The van der Waals surface area contributed by atoms with Crippen molar-refractivity contribution in [3.63, 3.8) is 0 Å². The maximum atomic E-state index is 13.0. The molecule has 0 amide bonds. The summed E-state index contributed by atoms with van der Waals surface area (Å²) >= 11 is 5.54. The van der Waals surface area contributed by atoms with Gasteiger partial charge in [-0.25, -0.2) is 8.78 Å². The summed E-state index contributed by atoms with van der Waals surface area (Å²) in [7, 11) is 0. The zero-order valence-electron chi connectivity index (χ0n) is 6.71. The Hall–Kier alpha value is -0.830. The van der Waals surface area contributed by atoms with Gasteiger partial charge in [-0.3, -0.25) is 0 Å². The molecule has 1 aromatic rings. The Kier molecular flexibility index (Phi) is 2.24.